The van der Waals surface area contributed by atoms with Gasteiger partial charge < -0.3 is 9.84 Å². The zero-order valence-electron chi connectivity index (χ0n) is 12.9. The second kappa shape index (κ2) is 18.3. The Morgan fingerprint density at radius 3 is 2.00 bits per heavy atom. The highest BCUT2D eigenvalue weighted by Gasteiger charge is 1.93. The van der Waals surface area contributed by atoms with Crippen molar-refractivity contribution in [1.29, 1.82) is 0 Å². The van der Waals surface area contributed by atoms with Crippen molar-refractivity contribution in [2.45, 2.75) is 71.1 Å². The predicted molar refractivity (Wildman–Crippen MR) is 87.1 cm³/mol. The first kappa shape index (κ1) is 19.3. The van der Waals surface area contributed by atoms with Crippen LogP contribution in [0.25, 0.3) is 0 Å². The molecule has 0 unspecified atom stereocenters. The van der Waals surface area contributed by atoms with Gasteiger partial charge in [0.15, 0.2) is 0 Å². The summed E-state index contributed by atoms with van der Waals surface area (Å²) < 4.78 is 5.64. The van der Waals surface area contributed by atoms with Gasteiger partial charge >= 0.3 is 0 Å². The predicted octanol–water partition coefficient (Wildman–Crippen LogP) is 4.65. The third kappa shape index (κ3) is 18.3. The minimum absolute atomic E-state index is 0.347. The third-order valence-corrected chi connectivity index (χ3v) is 4.32. The lowest BCUT2D eigenvalue weighted by atomic mass is 10.1. The molecule has 2 nitrogen and oxygen atoms in total. The number of aliphatic hydroxyl groups is 1. The van der Waals surface area contributed by atoms with E-state index in [4.69, 9.17) is 9.84 Å². The minimum atomic E-state index is 0.347. The summed E-state index contributed by atoms with van der Waals surface area (Å²) in [5, 5.41) is 8.65. The molecule has 1 N–H and O–H groups in total. The molecule has 0 aliphatic carbocycles. The zero-order valence-corrected chi connectivity index (χ0v) is 13.7. The lowest BCUT2D eigenvalue weighted by Gasteiger charge is -2.04. The SMILES string of the molecule is CCCCSCCCCOCCCCCCCCO. The molecule has 0 amide bonds. The molecule has 0 aliphatic heterocycles. The Morgan fingerprint density at radius 2 is 1.32 bits per heavy atom. The molecule has 0 radical (unpaired) electrons. The standard InChI is InChI=1S/C16H34O2S/c1-2-3-15-19-16-11-10-14-18-13-9-7-5-4-6-8-12-17/h17H,2-16H2,1H3. The average molecular weight is 291 g/mol. The van der Waals surface area contributed by atoms with Crippen LogP contribution in [0.5, 0.6) is 0 Å². The summed E-state index contributed by atoms with van der Waals surface area (Å²) in [5.74, 6) is 2.63. The maximum Gasteiger partial charge on any atom is 0.0466 e. The van der Waals surface area contributed by atoms with Gasteiger partial charge in [-0.1, -0.05) is 39.0 Å². The Bertz CT molecular complexity index is 138. The molecule has 0 rings (SSSR count). The van der Waals surface area contributed by atoms with Crippen LogP contribution >= 0.6 is 11.8 Å². The fraction of sp³-hybridized carbons (Fsp3) is 1.00. The fourth-order valence-corrected chi connectivity index (χ4v) is 2.99. The highest BCUT2D eigenvalue weighted by molar-refractivity contribution is 7.99. The topological polar surface area (TPSA) is 29.5 Å². The van der Waals surface area contributed by atoms with Gasteiger partial charge in [-0.2, -0.15) is 11.8 Å². The monoisotopic (exact) mass is 290 g/mol. The third-order valence-electron chi connectivity index (χ3n) is 3.17. The largest absolute Gasteiger partial charge is 0.396 e. The van der Waals surface area contributed by atoms with Crippen LogP contribution in [0.15, 0.2) is 0 Å². The first-order valence-electron chi connectivity index (χ1n) is 8.18. The number of hydrogen-bond acceptors (Lipinski definition) is 3. The van der Waals surface area contributed by atoms with Crippen LogP contribution in [0.2, 0.25) is 0 Å². The van der Waals surface area contributed by atoms with Gasteiger partial charge in [-0.3, -0.25) is 0 Å². The van der Waals surface area contributed by atoms with E-state index in [2.05, 4.69) is 18.7 Å². The molecule has 0 aromatic rings. The van der Waals surface area contributed by atoms with Gasteiger partial charge in [0.2, 0.25) is 0 Å². The maximum atomic E-state index is 8.65. The molecule has 0 atom stereocenters. The van der Waals surface area contributed by atoms with E-state index in [1.165, 1.54) is 69.3 Å². The second-order valence-corrected chi connectivity index (χ2v) is 6.36. The lowest BCUT2D eigenvalue weighted by molar-refractivity contribution is 0.127. The van der Waals surface area contributed by atoms with Gasteiger partial charge in [0, 0.05) is 19.8 Å². The highest BCUT2D eigenvalue weighted by atomic mass is 32.2. The molecule has 19 heavy (non-hydrogen) atoms. The molecule has 0 aliphatic rings. The number of rotatable bonds is 16. The summed E-state index contributed by atoms with van der Waals surface area (Å²) in [7, 11) is 0. The Morgan fingerprint density at radius 1 is 0.737 bits per heavy atom. The number of aliphatic hydroxyl groups excluding tert-OH is 1. The van der Waals surface area contributed by atoms with E-state index in [0.717, 1.165) is 19.6 Å². The van der Waals surface area contributed by atoms with Crippen molar-refractivity contribution in [3.63, 3.8) is 0 Å². The van der Waals surface area contributed by atoms with Crippen molar-refractivity contribution in [1.82, 2.24) is 0 Å². The molecule has 3 heteroatoms. The van der Waals surface area contributed by atoms with Gasteiger partial charge in [-0.05, 0) is 43.6 Å². The quantitative estimate of drug-likeness (QED) is 0.420. The first-order chi connectivity index (χ1) is 9.41. The van der Waals surface area contributed by atoms with Crippen LogP contribution in [0, 0.1) is 0 Å². The molecule has 0 bridgehead atoms. The van der Waals surface area contributed by atoms with E-state index >= 15 is 0 Å². The van der Waals surface area contributed by atoms with Crippen molar-refractivity contribution in [2.75, 3.05) is 31.3 Å². The van der Waals surface area contributed by atoms with Crippen molar-refractivity contribution >= 4 is 11.8 Å². The summed E-state index contributed by atoms with van der Waals surface area (Å²) in [5.41, 5.74) is 0. The van der Waals surface area contributed by atoms with Gasteiger partial charge in [-0.15, -0.1) is 0 Å². The van der Waals surface area contributed by atoms with Crippen LogP contribution < -0.4 is 0 Å². The van der Waals surface area contributed by atoms with Gasteiger partial charge in [0.1, 0.15) is 0 Å². The van der Waals surface area contributed by atoms with Crippen molar-refractivity contribution in [3.8, 4) is 0 Å². The zero-order chi connectivity index (χ0) is 14.0. The lowest BCUT2D eigenvalue weighted by Crippen LogP contribution is -1.98. The van der Waals surface area contributed by atoms with E-state index in [1.54, 1.807) is 0 Å². The number of hydrogen-bond donors (Lipinski definition) is 1. The molecule has 0 heterocycles. The van der Waals surface area contributed by atoms with E-state index in [9.17, 15) is 0 Å². The Kier molecular flexibility index (Phi) is 18.5. The highest BCUT2D eigenvalue weighted by Crippen LogP contribution is 2.08. The molecule has 116 valence electrons. The average Bonchev–Trinajstić information content (AvgIpc) is 2.43. The van der Waals surface area contributed by atoms with Crippen LogP contribution in [0.1, 0.15) is 71.1 Å². The smallest absolute Gasteiger partial charge is 0.0466 e. The first-order valence-corrected chi connectivity index (χ1v) is 9.33. The van der Waals surface area contributed by atoms with Gasteiger partial charge in [0.05, 0.1) is 0 Å². The Labute approximate surface area is 124 Å². The minimum Gasteiger partial charge on any atom is -0.396 e. The van der Waals surface area contributed by atoms with E-state index in [-0.39, 0.29) is 0 Å². The molecular formula is C16H34O2S. The normalized spacial score (nSPS) is 11.1. The fourth-order valence-electron chi connectivity index (χ4n) is 1.88. The Balaban J connectivity index is 2.88. The van der Waals surface area contributed by atoms with Crippen molar-refractivity contribution < 1.29 is 9.84 Å². The van der Waals surface area contributed by atoms with Gasteiger partial charge in [-0.25, -0.2) is 0 Å². The molecule has 0 fully saturated rings. The molecular weight excluding hydrogens is 256 g/mol. The van der Waals surface area contributed by atoms with E-state index < -0.39 is 0 Å². The molecule has 0 aromatic carbocycles. The summed E-state index contributed by atoms with van der Waals surface area (Å²) >= 11 is 2.09. The maximum absolute atomic E-state index is 8.65. The van der Waals surface area contributed by atoms with Crippen molar-refractivity contribution in [2.24, 2.45) is 0 Å². The van der Waals surface area contributed by atoms with Gasteiger partial charge in [0.25, 0.3) is 0 Å². The number of ether oxygens (including phenoxy) is 1. The van der Waals surface area contributed by atoms with Crippen molar-refractivity contribution in [3.05, 3.63) is 0 Å². The summed E-state index contributed by atoms with van der Waals surface area (Å²) in [6.07, 6.45) is 12.4. The van der Waals surface area contributed by atoms with Crippen LogP contribution in [-0.2, 0) is 4.74 Å². The number of thioether (sulfide) groups is 1. The van der Waals surface area contributed by atoms with Crippen LogP contribution in [-0.4, -0.2) is 36.4 Å². The summed E-state index contributed by atoms with van der Waals surface area (Å²) in [6, 6.07) is 0. The Hall–Kier alpha value is 0.270. The molecule has 0 spiro atoms. The second-order valence-electron chi connectivity index (χ2n) is 5.13. The summed E-state index contributed by atoms with van der Waals surface area (Å²) in [6.45, 7) is 4.47. The van der Waals surface area contributed by atoms with Crippen LogP contribution in [0.3, 0.4) is 0 Å². The number of unbranched alkanes of at least 4 members (excludes halogenated alkanes) is 7. The van der Waals surface area contributed by atoms with E-state index in [1.807, 2.05) is 0 Å². The molecule has 0 aromatic heterocycles. The summed E-state index contributed by atoms with van der Waals surface area (Å²) in [4.78, 5) is 0. The molecule has 0 saturated carbocycles. The molecule has 0 saturated heterocycles. The van der Waals surface area contributed by atoms with Crippen LogP contribution in [0.4, 0.5) is 0 Å². The van der Waals surface area contributed by atoms with E-state index in [0.29, 0.717) is 6.61 Å².